The Morgan fingerprint density at radius 3 is 2.53 bits per heavy atom. The molecule has 0 bridgehead atoms. The van der Waals surface area contributed by atoms with Gasteiger partial charge in [-0.25, -0.2) is 0 Å². The zero-order valence-electron chi connectivity index (χ0n) is 8.99. The summed E-state index contributed by atoms with van der Waals surface area (Å²) in [4.78, 5) is 25.5. The Kier molecular flexibility index (Phi) is 3.69. The summed E-state index contributed by atoms with van der Waals surface area (Å²) >= 11 is 0. The van der Waals surface area contributed by atoms with E-state index < -0.39 is 0 Å². The van der Waals surface area contributed by atoms with Gasteiger partial charge >= 0.3 is 0 Å². The van der Waals surface area contributed by atoms with Crippen LogP contribution >= 0.6 is 0 Å². The van der Waals surface area contributed by atoms with Crippen LogP contribution in [0, 0.1) is 17.8 Å². The molecule has 1 fully saturated rings. The highest BCUT2D eigenvalue weighted by Crippen LogP contribution is 2.14. The maximum Gasteiger partial charge on any atom is 0.298 e. The Labute approximate surface area is 89.2 Å². The molecule has 1 rings (SSSR count). The molecule has 0 aromatic rings. The van der Waals surface area contributed by atoms with Crippen LogP contribution in [0.3, 0.4) is 0 Å². The second-order valence-electron chi connectivity index (χ2n) is 3.85. The fourth-order valence-electron chi connectivity index (χ4n) is 1.18. The number of primary amides is 1. The van der Waals surface area contributed by atoms with Crippen molar-refractivity contribution in [1.29, 1.82) is 0 Å². The average molecular weight is 209 g/mol. The Morgan fingerprint density at radius 2 is 2.07 bits per heavy atom. The zero-order valence-corrected chi connectivity index (χ0v) is 8.99. The van der Waals surface area contributed by atoms with E-state index in [2.05, 4.69) is 11.8 Å². The van der Waals surface area contributed by atoms with Crippen molar-refractivity contribution < 1.29 is 9.59 Å². The van der Waals surface area contributed by atoms with Gasteiger partial charge < -0.3 is 10.6 Å². The van der Waals surface area contributed by atoms with E-state index in [1.807, 2.05) is 19.0 Å². The van der Waals surface area contributed by atoms with Crippen molar-refractivity contribution >= 4 is 11.8 Å². The van der Waals surface area contributed by atoms with Crippen LogP contribution in [0.1, 0.15) is 0 Å². The molecule has 15 heavy (non-hydrogen) atoms. The van der Waals surface area contributed by atoms with Crippen molar-refractivity contribution in [2.75, 3.05) is 33.7 Å². The van der Waals surface area contributed by atoms with Crippen molar-refractivity contribution in [3.63, 3.8) is 0 Å². The molecule has 5 nitrogen and oxygen atoms in total. The molecule has 5 heteroatoms. The number of amides is 2. The molecular formula is C10H15N3O2. The molecule has 0 atom stereocenters. The van der Waals surface area contributed by atoms with E-state index in [1.54, 1.807) is 0 Å². The maximum absolute atomic E-state index is 11.4. The Bertz CT molecular complexity index is 321. The molecule has 0 aromatic carbocycles. The van der Waals surface area contributed by atoms with Crippen LogP contribution in [-0.4, -0.2) is 55.3 Å². The third-order valence-corrected chi connectivity index (χ3v) is 2.16. The van der Waals surface area contributed by atoms with E-state index in [9.17, 15) is 9.59 Å². The summed E-state index contributed by atoms with van der Waals surface area (Å²) in [6.07, 6.45) is 0. The number of hydrogen-bond acceptors (Lipinski definition) is 3. The molecule has 1 aliphatic heterocycles. The summed E-state index contributed by atoms with van der Waals surface area (Å²) in [7, 11) is 3.76. The third kappa shape index (κ3) is 3.26. The second-order valence-corrected chi connectivity index (χ2v) is 3.85. The van der Waals surface area contributed by atoms with Gasteiger partial charge in [-0.3, -0.25) is 14.5 Å². The Balaban J connectivity index is 2.31. The fourth-order valence-corrected chi connectivity index (χ4v) is 1.18. The number of likely N-dealkylation sites (tertiary alicyclic amines) is 1. The third-order valence-electron chi connectivity index (χ3n) is 2.16. The molecule has 0 unspecified atom stereocenters. The zero-order chi connectivity index (χ0) is 11.4. The maximum atomic E-state index is 11.4. The van der Waals surface area contributed by atoms with Gasteiger partial charge in [-0.1, -0.05) is 5.92 Å². The first kappa shape index (κ1) is 11.5. The summed E-state index contributed by atoms with van der Waals surface area (Å²) in [5.74, 6) is 4.50. The molecule has 2 amide bonds. The van der Waals surface area contributed by atoms with Crippen molar-refractivity contribution in [1.82, 2.24) is 9.80 Å². The molecule has 1 aliphatic rings. The highest BCUT2D eigenvalue weighted by atomic mass is 16.2. The highest BCUT2D eigenvalue weighted by Gasteiger charge is 2.33. The van der Waals surface area contributed by atoms with Gasteiger partial charge in [-0.15, -0.1) is 0 Å². The largest absolute Gasteiger partial charge is 0.369 e. The lowest BCUT2D eigenvalue weighted by Crippen LogP contribution is -2.54. The van der Waals surface area contributed by atoms with Gasteiger partial charge in [0.05, 0.1) is 12.5 Å². The summed E-state index contributed by atoms with van der Waals surface area (Å²) in [6.45, 7) is 1.37. The standard InChI is InChI=1S/C10H15N3O2/c1-12(2)5-3-4-9(14)13-6-8(7-13)10(11)15/h8H,5-7H2,1-2H3,(H2,11,15). The van der Waals surface area contributed by atoms with Crippen molar-refractivity contribution in [2.45, 2.75) is 0 Å². The summed E-state index contributed by atoms with van der Waals surface area (Å²) < 4.78 is 0. The molecule has 1 heterocycles. The summed E-state index contributed by atoms with van der Waals surface area (Å²) in [5.41, 5.74) is 5.08. The van der Waals surface area contributed by atoms with Crippen LogP contribution in [0.25, 0.3) is 0 Å². The number of carbonyl (C=O) groups excluding carboxylic acids is 2. The molecule has 0 aromatic heterocycles. The van der Waals surface area contributed by atoms with Gasteiger partial charge in [0, 0.05) is 13.1 Å². The quantitative estimate of drug-likeness (QED) is 0.563. The highest BCUT2D eigenvalue weighted by molar-refractivity contribution is 5.95. The van der Waals surface area contributed by atoms with Crippen LogP contribution < -0.4 is 5.73 Å². The normalized spacial score (nSPS) is 15.5. The number of rotatable bonds is 2. The van der Waals surface area contributed by atoms with Gasteiger partial charge in [0.2, 0.25) is 5.91 Å². The van der Waals surface area contributed by atoms with Crippen LogP contribution in [-0.2, 0) is 9.59 Å². The van der Waals surface area contributed by atoms with Crippen LogP contribution in [0.2, 0.25) is 0 Å². The van der Waals surface area contributed by atoms with Crippen molar-refractivity contribution in [3.8, 4) is 11.8 Å². The van der Waals surface area contributed by atoms with E-state index in [0.717, 1.165) is 0 Å². The van der Waals surface area contributed by atoms with Crippen LogP contribution in [0.5, 0.6) is 0 Å². The summed E-state index contributed by atoms with van der Waals surface area (Å²) in [5, 5.41) is 0. The molecule has 0 spiro atoms. The van der Waals surface area contributed by atoms with Crippen molar-refractivity contribution in [3.05, 3.63) is 0 Å². The number of hydrogen-bond donors (Lipinski definition) is 1. The molecule has 82 valence electrons. The van der Waals surface area contributed by atoms with E-state index in [4.69, 9.17) is 5.73 Å². The SMILES string of the molecule is CN(C)CC#CC(=O)N1CC(C(N)=O)C1. The smallest absolute Gasteiger partial charge is 0.298 e. The lowest BCUT2D eigenvalue weighted by molar-refractivity contribution is -0.137. The molecule has 2 N–H and O–H groups in total. The first-order valence-electron chi connectivity index (χ1n) is 4.72. The lowest BCUT2D eigenvalue weighted by Gasteiger charge is -2.35. The fraction of sp³-hybridized carbons (Fsp3) is 0.600. The summed E-state index contributed by atoms with van der Waals surface area (Å²) in [6, 6.07) is 0. The Hall–Kier alpha value is -1.54. The Morgan fingerprint density at radius 1 is 1.47 bits per heavy atom. The van der Waals surface area contributed by atoms with Gasteiger partial charge in [-0.05, 0) is 20.0 Å². The number of nitrogens with zero attached hydrogens (tertiary/aromatic N) is 2. The monoisotopic (exact) mass is 209 g/mol. The molecule has 1 saturated heterocycles. The molecule has 0 radical (unpaired) electrons. The molecule has 0 aliphatic carbocycles. The first-order chi connectivity index (χ1) is 7.00. The average Bonchev–Trinajstić information content (AvgIpc) is 1.99. The van der Waals surface area contributed by atoms with Crippen LogP contribution in [0.15, 0.2) is 0 Å². The minimum Gasteiger partial charge on any atom is -0.369 e. The van der Waals surface area contributed by atoms with Crippen molar-refractivity contribution in [2.24, 2.45) is 11.7 Å². The van der Waals surface area contributed by atoms with Gasteiger partial charge in [-0.2, -0.15) is 0 Å². The minimum atomic E-state index is -0.347. The lowest BCUT2D eigenvalue weighted by atomic mass is 10.00. The molecule has 0 saturated carbocycles. The minimum absolute atomic E-state index is 0.190. The van der Waals surface area contributed by atoms with Crippen LogP contribution in [0.4, 0.5) is 0 Å². The van der Waals surface area contributed by atoms with E-state index in [-0.39, 0.29) is 17.7 Å². The van der Waals surface area contributed by atoms with Gasteiger partial charge in [0.15, 0.2) is 0 Å². The second kappa shape index (κ2) is 4.80. The number of carbonyl (C=O) groups is 2. The van der Waals surface area contributed by atoms with E-state index in [0.29, 0.717) is 19.6 Å². The predicted molar refractivity (Wildman–Crippen MR) is 55.6 cm³/mol. The predicted octanol–water partition coefficient (Wildman–Crippen LogP) is -1.50. The molecular weight excluding hydrogens is 194 g/mol. The number of nitrogens with two attached hydrogens (primary N) is 1. The van der Waals surface area contributed by atoms with Gasteiger partial charge in [0.25, 0.3) is 5.91 Å². The topological polar surface area (TPSA) is 66.6 Å². The first-order valence-corrected chi connectivity index (χ1v) is 4.72. The van der Waals surface area contributed by atoms with E-state index in [1.165, 1.54) is 4.90 Å². The van der Waals surface area contributed by atoms with Gasteiger partial charge in [0.1, 0.15) is 0 Å². The van der Waals surface area contributed by atoms with E-state index >= 15 is 0 Å².